The van der Waals surface area contributed by atoms with Crippen LogP contribution in [0.5, 0.6) is 11.5 Å². The number of benzene rings is 2. The highest BCUT2D eigenvalue weighted by Crippen LogP contribution is 2.67. The lowest BCUT2D eigenvalue weighted by Crippen LogP contribution is -2.67. The van der Waals surface area contributed by atoms with Gasteiger partial charge in [0.15, 0.2) is 17.6 Å². The number of rotatable bonds is 13. The van der Waals surface area contributed by atoms with Gasteiger partial charge in [-0.3, -0.25) is 14.4 Å². The Hall–Kier alpha value is -5.44. The summed E-state index contributed by atoms with van der Waals surface area (Å²) in [5.41, 5.74) is -0.225. The van der Waals surface area contributed by atoms with Crippen molar-refractivity contribution in [3.63, 3.8) is 0 Å². The van der Waals surface area contributed by atoms with Crippen molar-refractivity contribution in [2.24, 2.45) is 5.92 Å². The minimum absolute atomic E-state index is 0.0181. The molecule has 1 heterocycles. The van der Waals surface area contributed by atoms with Crippen LogP contribution in [-0.4, -0.2) is 82.2 Å². The number of hydrogen-bond acceptors (Lipinski definition) is 13. The predicted molar refractivity (Wildman–Crippen MR) is 169 cm³/mol. The van der Waals surface area contributed by atoms with Gasteiger partial charge in [0.25, 0.3) is 0 Å². The topological polar surface area (TPSA) is 218 Å². The van der Waals surface area contributed by atoms with Crippen molar-refractivity contribution in [3.8, 4) is 11.5 Å². The molecule has 1 aliphatic heterocycles. The lowest BCUT2D eigenvalue weighted by molar-refractivity contribution is -0.185. The quantitative estimate of drug-likeness (QED) is 0.201. The number of ether oxygens (including phenoxy) is 6. The summed E-state index contributed by atoms with van der Waals surface area (Å²) in [6.07, 6.45) is -4.20. The van der Waals surface area contributed by atoms with E-state index < -0.39 is 84.1 Å². The van der Waals surface area contributed by atoms with E-state index in [1.54, 1.807) is 18.2 Å². The SMILES string of the molecule is COc1ccc2c3c1O[C@@H]1C(OC(=O)C[C@H](OC(C)=O)C(=O)O[C@H](C(=O)O[C@@H](CC(=O)O)C(=O)O)c4ccccc4)=CC[C@]4(O)[C@@H](CCC[C@@]314)C2. The Labute approximate surface area is 291 Å². The summed E-state index contributed by atoms with van der Waals surface area (Å²) in [5.74, 6) is -7.10. The highest BCUT2D eigenvalue weighted by molar-refractivity contribution is 5.88. The molecule has 0 aromatic heterocycles. The van der Waals surface area contributed by atoms with Gasteiger partial charge in [-0.1, -0.05) is 42.8 Å². The van der Waals surface area contributed by atoms with Gasteiger partial charge in [0.1, 0.15) is 5.76 Å². The molecule has 1 fully saturated rings. The molecule has 0 radical (unpaired) electrons. The fraction of sp³-hybridized carbons (Fsp3) is 0.444. The molecular formula is C36H36O15. The van der Waals surface area contributed by atoms with Crippen LogP contribution in [0, 0.1) is 5.92 Å². The second-order valence-electron chi connectivity index (χ2n) is 13.0. The molecule has 6 rings (SSSR count). The summed E-state index contributed by atoms with van der Waals surface area (Å²) in [6.45, 7) is 0.985. The third-order valence-corrected chi connectivity index (χ3v) is 10.1. The first kappa shape index (κ1) is 35.4. The zero-order chi connectivity index (χ0) is 36.7. The number of carboxylic acids is 2. The molecule has 0 saturated heterocycles. The van der Waals surface area contributed by atoms with Crippen LogP contribution in [0.15, 0.2) is 54.3 Å². The van der Waals surface area contributed by atoms with Crippen LogP contribution in [0.1, 0.15) is 68.2 Å². The van der Waals surface area contributed by atoms with Gasteiger partial charge < -0.3 is 43.7 Å². The Morgan fingerprint density at radius 1 is 0.941 bits per heavy atom. The lowest BCUT2D eigenvalue weighted by atomic mass is 9.47. The van der Waals surface area contributed by atoms with Gasteiger partial charge >= 0.3 is 35.8 Å². The molecule has 2 bridgehead atoms. The first-order valence-corrected chi connectivity index (χ1v) is 16.4. The second-order valence-corrected chi connectivity index (χ2v) is 13.0. The smallest absolute Gasteiger partial charge is 0.353 e. The molecule has 2 aromatic carbocycles. The van der Waals surface area contributed by atoms with E-state index in [-0.39, 0.29) is 23.7 Å². The Balaban J connectivity index is 1.23. The van der Waals surface area contributed by atoms with Crippen molar-refractivity contribution >= 4 is 35.8 Å². The molecule has 0 unspecified atom stereocenters. The number of carbonyl (C=O) groups excluding carboxylic acids is 4. The van der Waals surface area contributed by atoms with E-state index in [4.69, 9.17) is 33.5 Å². The van der Waals surface area contributed by atoms with Gasteiger partial charge in [-0.2, -0.15) is 0 Å². The van der Waals surface area contributed by atoms with Crippen LogP contribution < -0.4 is 9.47 Å². The van der Waals surface area contributed by atoms with Gasteiger partial charge in [-0.05, 0) is 49.3 Å². The van der Waals surface area contributed by atoms with Gasteiger partial charge in [0, 0.05) is 18.1 Å². The summed E-state index contributed by atoms with van der Waals surface area (Å²) in [7, 11) is 1.51. The van der Waals surface area contributed by atoms with Gasteiger partial charge in [0.05, 0.1) is 31.0 Å². The number of aliphatic hydroxyl groups is 1. The van der Waals surface area contributed by atoms with Crippen molar-refractivity contribution in [1.82, 2.24) is 0 Å². The monoisotopic (exact) mass is 708 g/mol. The minimum Gasteiger partial charge on any atom is -0.493 e. The number of aliphatic carboxylic acids is 2. The average molecular weight is 709 g/mol. The normalized spacial score (nSPS) is 25.4. The molecule has 3 N–H and O–H groups in total. The fourth-order valence-electron chi connectivity index (χ4n) is 7.99. The third kappa shape index (κ3) is 6.26. The zero-order valence-corrected chi connectivity index (χ0v) is 27.7. The summed E-state index contributed by atoms with van der Waals surface area (Å²) >= 11 is 0. The third-order valence-electron chi connectivity index (χ3n) is 10.1. The largest absolute Gasteiger partial charge is 0.493 e. The average Bonchev–Trinajstić information content (AvgIpc) is 3.43. The molecule has 0 amide bonds. The Morgan fingerprint density at radius 3 is 2.35 bits per heavy atom. The number of carbonyl (C=O) groups is 6. The van der Waals surface area contributed by atoms with Crippen LogP contribution in [0.3, 0.4) is 0 Å². The van der Waals surface area contributed by atoms with E-state index in [1.807, 2.05) is 6.07 Å². The van der Waals surface area contributed by atoms with Gasteiger partial charge in [0.2, 0.25) is 18.3 Å². The van der Waals surface area contributed by atoms with Crippen molar-refractivity contribution in [2.45, 2.75) is 87.3 Å². The van der Waals surface area contributed by atoms with Crippen molar-refractivity contribution < 1.29 is 72.5 Å². The maximum absolute atomic E-state index is 13.5. The summed E-state index contributed by atoms with van der Waals surface area (Å²) < 4.78 is 33.2. The maximum Gasteiger partial charge on any atom is 0.353 e. The Kier molecular flexibility index (Phi) is 9.51. The number of methoxy groups -OCH3 is 1. The first-order chi connectivity index (χ1) is 24.3. The van der Waals surface area contributed by atoms with Gasteiger partial charge in [-0.15, -0.1) is 0 Å². The molecule has 270 valence electrons. The van der Waals surface area contributed by atoms with E-state index in [0.29, 0.717) is 24.3 Å². The van der Waals surface area contributed by atoms with Crippen LogP contribution >= 0.6 is 0 Å². The fourth-order valence-corrected chi connectivity index (χ4v) is 7.99. The molecular weight excluding hydrogens is 672 g/mol. The number of esters is 4. The first-order valence-electron chi connectivity index (χ1n) is 16.4. The molecule has 7 atom stereocenters. The van der Waals surface area contributed by atoms with Gasteiger partial charge in [-0.25, -0.2) is 14.4 Å². The molecule has 1 spiro atoms. The van der Waals surface area contributed by atoms with E-state index in [2.05, 4.69) is 0 Å². The standard InChI is InChI=1S/C36H36O15/c1-18(37)47-25(33(43)51-29(19-7-4-3-5-8-19)34(44)49-24(32(41)42)16-26(38)39)17-27(40)48-23-12-14-36(45)21-9-6-13-35(36)28-20(15-21)10-11-22(46-2)30(28)50-31(23)35/h3-5,7-8,10-12,21,24-25,29,31,45H,6,9,13-17H2,1-2H3,(H,38,39)(H,41,42)/t21-,24-,25-,29-,31+,35+,36-/m0/s1. The van der Waals surface area contributed by atoms with Crippen molar-refractivity contribution in [1.29, 1.82) is 0 Å². The molecule has 15 heteroatoms. The molecule has 4 aliphatic rings. The summed E-state index contributed by atoms with van der Waals surface area (Å²) in [6, 6.07) is 11.0. The maximum atomic E-state index is 13.5. The van der Waals surface area contributed by atoms with Crippen LogP contribution in [-0.2, 0) is 59.6 Å². The highest BCUT2D eigenvalue weighted by atomic mass is 16.6. The summed E-state index contributed by atoms with van der Waals surface area (Å²) in [4.78, 5) is 74.8. The molecule has 2 aromatic rings. The Morgan fingerprint density at radius 2 is 1.69 bits per heavy atom. The minimum atomic E-state index is -2.11. The van der Waals surface area contributed by atoms with Crippen molar-refractivity contribution in [3.05, 3.63) is 71.0 Å². The van der Waals surface area contributed by atoms with Crippen molar-refractivity contribution in [2.75, 3.05) is 7.11 Å². The number of hydrogen-bond donors (Lipinski definition) is 3. The van der Waals surface area contributed by atoms with Crippen LogP contribution in [0.25, 0.3) is 0 Å². The van der Waals surface area contributed by atoms with E-state index in [9.17, 15) is 39.0 Å². The zero-order valence-electron chi connectivity index (χ0n) is 27.7. The Bertz CT molecular complexity index is 1800. The van der Waals surface area contributed by atoms with E-state index >= 15 is 0 Å². The second kappa shape index (κ2) is 13.7. The molecule has 15 nitrogen and oxygen atoms in total. The molecule has 3 aliphatic carbocycles. The molecule has 51 heavy (non-hydrogen) atoms. The predicted octanol–water partition coefficient (Wildman–Crippen LogP) is 2.69. The number of carboxylic acid groups (broad SMARTS) is 2. The van der Waals surface area contributed by atoms with Crippen LogP contribution in [0.2, 0.25) is 0 Å². The van der Waals surface area contributed by atoms with E-state index in [1.165, 1.54) is 31.4 Å². The summed E-state index contributed by atoms with van der Waals surface area (Å²) in [5, 5.41) is 30.7. The lowest BCUT2D eigenvalue weighted by Gasteiger charge is -2.59. The molecule has 1 saturated carbocycles. The highest BCUT2D eigenvalue weighted by Gasteiger charge is 2.71. The van der Waals surface area contributed by atoms with Crippen LogP contribution in [0.4, 0.5) is 0 Å². The van der Waals surface area contributed by atoms with E-state index in [0.717, 1.165) is 30.9 Å².